The Bertz CT molecular complexity index is 756. The van der Waals surface area contributed by atoms with Gasteiger partial charge in [-0.1, -0.05) is 42.5 Å². The maximum Gasteiger partial charge on any atom is 0.319 e. The Labute approximate surface area is 165 Å². The van der Waals surface area contributed by atoms with Gasteiger partial charge in [0.1, 0.15) is 0 Å². The van der Waals surface area contributed by atoms with Gasteiger partial charge < -0.3 is 20.3 Å². The van der Waals surface area contributed by atoms with Gasteiger partial charge in [0.25, 0.3) is 0 Å². The highest BCUT2D eigenvalue weighted by Crippen LogP contribution is 2.11. The van der Waals surface area contributed by atoms with E-state index in [4.69, 9.17) is 4.74 Å². The average Bonchev–Trinajstić information content (AvgIpc) is 2.74. The van der Waals surface area contributed by atoms with Crippen LogP contribution in [-0.2, 0) is 22.4 Å². The van der Waals surface area contributed by atoms with E-state index in [1.807, 2.05) is 47.4 Å². The Morgan fingerprint density at radius 1 is 0.929 bits per heavy atom. The van der Waals surface area contributed by atoms with Crippen molar-refractivity contribution in [3.63, 3.8) is 0 Å². The van der Waals surface area contributed by atoms with Crippen molar-refractivity contribution in [2.75, 3.05) is 38.2 Å². The fourth-order valence-corrected chi connectivity index (χ4v) is 3.12. The molecule has 0 aliphatic carbocycles. The summed E-state index contributed by atoms with van der Waals surface area (Å²) in [5, 5.41) is 5.69. The topological polar surface area (TPSA) is 70.7 Å². The molecule has 1 aliphatic heterocycles. The number of rotatable bonds is 7. The van der Waals surface area contributed by atoms with Crippen molar-refractivity contribution < 1.29 is 14.3 Å². The van der Waals surface area contributed by atoms with E-state index in [0.29, 0.717) is 45.0 Å². The van der Waals surface area contributed by atoms with Gasteiger partial charge in [-0.3, -0.25) is 4.79 Å². The normalized spacial score (nSPS) is 13.8. The highest BCUT2D eigenvalue weighted by atomic mass is 16.5. The highest BCUT2D eigenvalue weighted by molar-refractivity contribution is 5.89. The summed E-state index contributed by atoms with van der Waals surface area (Å²) in [4.78, 5) is 26.1. The molecule has 1 aliphatic rings. The van der Waals surface area contributed by atoms with Crippen LogP contribution in [0.15, 0.2) is 54.6 Å². The van der Waals surface area contributed by atoms with Crippen molar-refractivity contribution in [2.24, 2.45) is 0 Å². The molecule has 3 rings (SSSR count). The van der Waals surface area contributed by atoms with Crippen molar-refractivity contribution >= 4 is 17.6 Å². The molecule has 0 radical (unpaired) electrons. The molecule has 3 amide bonds. The number of anilines is 1. The van der Waals surface area contributed by atoms with E-state index < -0.39 is 0 Å². The van der Waals surface area contributed by atoms with Crippen LogP contribution in [0.3, 0.4) is 0 Å². The monoisotopic (exact) mass is 381 g/mol. The number of ether oxygens (including phenoxy) is 1. The van der Waals surface area contributed by atoms with Gasteiger partial charge in [0.2, 0.25) is 5.91 Å². The summed E-state index contributed by atoms with van der Waals surface area (Å²) < 4.78 is 5.27. The number of nitrogens with zero attached hydrogens (tertiary/aromatic N) is 1. The van der Waals surface area contributed by atoms with Crippen LogP contribution >= 0.6 is 0 Å². The molecule has 2 aromatic rings. The fourth-order valence-electron chi connectivity index (χ4n) is 3.12. The summed E-state index contributed by atoms with van der Waals surface area (Å²) in [7, 11) is 0. The van der Waals surface area contributed by atoms with Crippen LogP contribution in [0.1, 0.15) is 17.5 Å². The first-order chi connectivity index (χ1) is 13.7. The van der Waals surface area contributed by atoms with E-state index in [-0.39, 0.29) is 11.9 Å². The molecular formula is C22H27N3O3. The van der Waals surface area contributed by atoms with Crippen LogP contribution in [0.4, 0.5) is 10.5 Å². The molecule has 1 fully saturated rings. The molecule has 2 N–H and O–H groups in total. The molecule has 148 valence electrons. The van der Waals surface area contributed by atoms with E-state index in [1.165, 1.54) is 5.56 Å². The summed E-state index contributed by atoms with van der Waals surface area (Å²) in [5.74, 6) is 0.111. The number of morpholine rings is 1. The number of aryl methyl sites for hydroxylation is 1. The van der Waals surface area contributed by atoms with Gasteiger partial charge in [-0.25, -0.2) is 4.79 Å². The third-order valence-corrected chi connectivity index (χ3v) is 4.70. The maximum absolute atomic E-state index is 12.3. The first-order valence-electron chi connectivity index (χ1n) is 9.74. The summed E-state index contributed by atoms with van der Waals surface area (Å²) in [6, 6.07) is 17.4. The smallest absolute Gasteiger partial charge is 0.319 e. The second-order valence-corrected chi connectivity index (χ2v) is 6.84. The zero-order chi connectivity index (χ0) is 19.6. The van der Waals surface area contributed by atoms with E-state index in [2.05, 4.69) is 22.8 Å². The Balaban J connectivity index is 1.37. The van der Waals surface area contributed by atoms with Gasteiger partial charge in [-0.15, -0.1) is 0 Å². The molecule has 28 heavy (non-hydrogen) atoms. The molecule has 6 nitrogen and oxygen atoms in total. The van der Waals surface area contributed by atoms with Gasteiger partial charge in [0.15, 0.2) is 0 Å². The van der Waals surface area contributed by atoms with Crippen molar-refractivity contribution in [1.29, 1.82) is 0 Å². The number of nitrogens with one attached hydrogen (secondary N) is 2. The van der Waals surface area contributed by atoms with E-state index >= 15 is 0 Å². The molecule has 1 saturated heterocycles. The molecule has 0 bridgehead atoms. The lowest BCUT2D eigenvalue weighted by Gasteiger charge is -2.26. The Morgan fingerprint density at radius 2 is 1.64 bits per heavy atom. The number of urea groups is 1. The van der Waals surface area contributed by atoms with Crippen molar-refractivity contribution in [2.45, 2.75) is 19.3 Å². The van der Waals surface area contributed by atoms with Crippen LogP contribution in [0.5, 0.6) is 0 Å². The molecule has 0 unspecified atom stereocenters. The zero-order valence-corrected chi connectivity index (χ0v) is 16.0. The summed E-state index contributed by atoms with van der Waals surface area (Å²) in [6.07, 6.45) is 2.19. The zero-order valence-electron chi connectivity index (χ0n) is 16.0. The van der Waals surface area contributed by atoms with Gasteiger partial charge in [0.05, 0.1) is 19.6 Å². The van der Waals surface area contributed by atoms with Gasteiger partial charge in [-0.2, -0.15) is 0 Å². The maximum atomic E-state index is 12.3. The number of hydrogen-bond donors (Lipinski definition) is 2. The van der Waals surface area contributed by atoms with E-state index in [0.717, 1.165) is 18.4 Å². The first kappa shape index (κ1) is 19.9. The van der Waals surface area contributed by atoms with E-state index in [1.54, 1.807) is 0 Å². The predicted octanol–water partition coefficient (Wildman–Crippen LogP) is 2.84. The van der Waals surface area contributed by atoms with Crippen LogP contribution in [0, 0.1) is 0 Å². The Kier molecular flexibility index (Phi) is 7.44. The van der Waals surface area contributed by atoms with Crippen molar-refractivity contribution in [3.05, 3.63) is 65.7 Å². The number of hydrogen-bond acceptors (Lipinski definition) is 3. The molecule has 0 atom stereocenters. The lowest BCUT2D eigenvalue weighted by Crippen LogP contribution is -2.41. The molecular weight excluding hydrogens is 354 g/mol. The van der Waals surface area contributed by atoms with Crippen molar-refractivity contribution in [1.82, 2.24) is 10.2 Å². The Hall–Kier alpha value is -2.86. The molecule has 2 aromatic carbocycles. The quantitative estimate of drug-likeness (QED) is 0.725. The largest absolute Gasteiger partial charge is 0.378 e. The van der Waals surface area contributed by atoms with Crippen molar-refractivity contribution in [3.8, 4) is 0 Å². The third kappa shape index (κ3) is 6.39. The molecule has 0 aromatic heterocycles. The third-order valence-electron chi connectivity index (χ3n) is 4.70. The lowest BCUT2D eigenvalue weighted by atomic mass is 10.1. The van der Waals surface area contributed by atoms with Crippen LogP contribution in [-0.4, -0.2) is 49.7 Å². The molecule has 1 heterocycles. The van der Waals surface area contributed by atoms with Crippen LogP contribution in [0.2, 0.25) is 0 Å². The molecule has 6 heteroatoms. The summed E-state index contributed by atoms with van der Waals surface area (Å²) in [6.45, 7) is 3.14. The number of carbonyl (C=O) groups excluding carboxylic acids is 2. The second kappa shape index (κ2) is 10.5. The predicted molar refractivity (Wildman–Crippen MR) is 109 cm³/mol. The SMILES string of the molecule is O=C(NCCCc1ccccc1)Nc1ccc(CC(=O)N2CCOCC2)cc1. The number of carbonyl (C=O) groups is 2. The minimum Gasteiger partial charge on any atom is -0.378 e. The molecule has 0 saturated carbocycles. The highest BCUT2D eigenvalue weighted by Gasteiger charge is 2.16. The number of amides is 3. The average molecular weight is 381 g/mol. The lowest BCUT2D eigenvalue weighted by molar-refractivity contribution is -0.134. The first-order valence-corrected chi connectivity index (χ1v) is 9.74. The van der Waals surface area contributed by atoms with Gasteiger partial charge in [-0.05, 0) is 36.1 Å². The van der Waals surface area contributed by atoms with E-state index in [9.17, 15) is 9.59 Å². The van der Waals surface area contributed by atoms with Gasteiger partial charge in [0, 0.05) is 25.3 Å². The fraction of sp³-hybridized carbons (Fsp3) is 0.364. The summed E-state index contributed by atoms with van der Waals surface area (Å²) >= 11 is 0. The minimum absolute atomic E-state index is 0.111. The number of benzene rings is 2. The standard InChI is InChI=1S/C22H27N3O3/c26-21(25-13-15-28-16-14-25)17-19-8-10-20(11-9-19)24-22(27)23-12-4-7-18-5-2-1-3-6-18/h1-3,5-6,8-11H,4,7,12-17H2,(H2,23,24,27). The van der Waals surface area contributed by atoms with Crippen LogP contribution < -0.4 is 10.6 Å². The Morgan fingerprint density at radius 3 is 2.36 bits per heavy atom. The minimum atomic E-state index is -0.217. The second-order valence-electron chi connectivity index (χ2n) is 6.84. The summed E-state index contributed by atoms with van der Waals surface area (Å²) in [5.41, 5.74) is 2.92. The van der Waals surface area contributed by atoms with Crippen LogP contribution in [0.25, 0.3) is 0 Å². The molecule has 0 spiro atoms. The van der Waals surface area contributed by atoms with Gasteiger partial charge >= 0.3 is 6.03 Å².